The van der Waals surface area contributed by atoms with E-state index in [9.17, 15) is 47.6 Å². The second-order valence-corrected chi connectivity index (χ2v) is 33.4. The molecule has 0 unspecified atom stereocenters. The summed E-state index contributed by atoms with van der Waals surface area (Å²) in [6, 6.07) is 31.9. The summed E-state index contributed by atoms with van der Waals surface area (Å²) in [5.41, 5.74) is 8.01. The molecule has 3 aromatic heterocycles. The Bertz CT molecular complexity index is 4780. The smallest absolute Gasteiger partial charge is 0.293 e. The fourth-order valence-electron chi connectivity index (χ4n) is 14.4. The molecule has 4 aliphatic rings. The van der Waals surface area contributed by atoms with Gasteiger partial charge in [-0.1, -0.05) is 80.9 Å². The maximum Gasteiger partial charge on any atom is 0.293 e. The van der Waals surface area contributed by atoms with E-state index in [-0.39, 0.29) is 105 Å². The number of H-pyrrole nitrogens is 1. The summed E-state index contributed by atoms with van der Waals surface area (Å²) in [6.07, 6.45) is 4.23. The van der Waals surface area contributed by atoms with Gasteiger partial charge in [0, 0.05) is 157 Å². The second-order valence-electron chi connectivity index (χ2n) is 30.4. The molecular formula is C83H102ClN13O17S2. The number of nitrogens with zero attached hydrogens (tertiary/aromatic N) is 7. The number of piperazine rings is 1. The van der Waals surface area contributed by atoms with Crippen LogP contribution in [0.15, 0.2) is 138 Å². The molecule has 5 amide bonds. The Hall–Kier alpha value is -9.71. The van der Waals surface area contributed by atoms with Crippen molar-refractivity contribution in [2.45, 2.75) is 96.0 Å². The topological polar surface area (TPSA) is 362 Å². The molecular weight excluding hydrogens is 1550 g/mol. The number of pyridine rings is 1. The highest BCUT2D eigenvalue weighted by molar-refractivity contribution is 7.90. The van der Waals surface area contributed by atoms with Gasteiger partial charge in [0.1, 0.15) is 40.7 Å². The molecule has 620 valence electrons. The number of carbonyl (C=O) groups excluding carboxylic acids is 5. The van der Waals surface area contributed by atoms with Crippen molar-refractivity contribution in [2.24, 2.45) is 17.3 Å². The highest BCUT2D eigenvalue weighted by Crippen LogP contribution is 2.38. The molecule has 0 radical (unpaired) electrons. The van der Waals surface area contributed by atoms with Gasteiger partial charge in [-0.25, -0.2) is 23.1 Å². The first-order chi connectivity index (χ1) is 56.0. The van der Waals surface area contributed by atoms with Crippen molar-refractivity contribution in [3.8, 4) is 38.8 Å². The first kappa shape index (κ1) is 85.7. The average Bonchev–Trinajstić information content (AvgIpc) is 1.11. The number of β-amino-alcohol motifs (C(OH)–C–C–N with tert-alkyl or cyclic N) is 1. The quantitative estimate of drug-likeness (QED) is 0.0107. The minimum absolute atomic E-state index is 0.00321. The molecule has 116 heavy (non-hydrogen) atoms. The number of amides is 5. The molecule has 0 aliphatic carbocycles. The lowest BCUT2D eigenvalue weighted by Crippen LogP contribution is -2.57. The number of halogens is 1. The third-order valence-corrected chi connectivity index (χ3v) is 23.4. The number of aliphatic hydroxyl groups excluding tert-OH is 1. The molecule has 7 N–H and O–H groups in total. The molecule has 4 saturated heterocycles. The predicted molar refractivity (Wildman–Crippen MR) is 439 cm³/mol. The minimum atomic E-state index is -4.64. The van der Waals surface area contributed by atoms with Crippen molar-refractivity contribution in [3.63, 3.8) is 0 Å². The van der Waals surface area contributed by atoms with Crippen LogP contribution < -0.4 is 40.4 Å². The number of aromatic nitrogens is 3. The normalized spacial score (nSPS) is 16.7. The second kappa shape index (κ2) is 40.9. The van der Waals surface area contributed by atoms with E-state index in [0.717, 1.165) is 87.2 Å². The van der Waals surface area contributed by atoms with Gasteiger partial charge < -0.3 is 79.2 Å². The largest absolute Gasteiger partial charge is 0.493 e. The fourth-order valence-corrected chi connectivity index (χ4v) is 16.3. The zero-order valence-electron chi connectivity index (χ0n) is 65.7. The van der Waals surface area contributed by atoms with Crippen LogP contribution in [0.4, 0.5) is 17.1 Å². The van der Waals surface area contributed by atoms with E-state index in [1.54, 1.807) is 41.2 Å². The number of aryl methyl sites for hydroxylation is 1. The van der Waals surface area contributed by atoms with Crippen molar-refractivity contribution in [3.05, 3.63) is 171 Å². The van der Waals surface area contributed by atoms with E-state index in [1.807, 2.05) is 94.4 Å². The molecule has 0 saturated carbocycles. The number of carbonyl (C=O) groups is 5. The zero-order valence-corrected chi connectivity index (χ0v) is 68.1. The summed E-state index contributed by atoms with van der Waals surface area (Å²) in [4.78, 5) is 99.8. The summed E-state index contributed by atoms with van der Waals surface area (Å²) in [6.45, 7) is 17.9. The SMILES string of the molecule is Cc1ncsc1-c1ccc(CNC(=O)[C@@H]2C[C@@H](O)CN2C(=O)[C@@H](NC(=O)CCOCCOCCOCCOCCC(=O)NCCN2CC(COc3cccc(-c4ccc(Cl)cc4)c3CN3CCN(c4ccc(C(=O)NS(=O)(=O)c5ccc(NCC6CCOCC6)c([N+](=O)[O-])c5)c(Oc5cnc6[nH]ccc6c5)c4)CC3)C2)C(C)(C)C)cc1. The number of anilines is 2. The molecule has 0 spiro atoms. The van der Waals surface area contributed by atoms with Crippen molar-refractivity contribution in [1.82, 2.24) is 50.3 Å². The summed E-state index contributed by atoms with van der Waals surface area (Å²) in [7, 11) is -4.64. The average molecular weight is 1650 g/mol. The molecule has 30 nitrogen and oxygen atoms in total. The standard InChI is InChI=1S/C83H102ClN13O17S2/c1-55-77(115-54-90-55)60-10-8-56(9-11-60)47-89-81(102)72-44-64(98)51-96(72)82(103)78(83(2,3)4)91-76(100)24-35-110-37-39-112-41-40-111-38-36-109-34-23-75(99)85-26-27-94-49-58(50-94)53-113-73-7-5-6-67(59-12-14-62(84)15-13-59)69(73)52-93-28-30-95(31-29-93)63-16-18-68(74(43-63)114-65-42-61-20-25-86-79(61)88-48-65)80(101)92-116(106,107)66-17-19-70(71(45-66)97(104)105)87-46-57-21-32-108-33-22-57/h5-20,25,42-43,45,48,54,57-58,64,72,78,87,98H,21-24,26-41,44,46-47,49-53H2,1-4H3,(H,85,99)(H,86,88)(H,89,102)(H,91,100)(H,92,101)/t64-,72+,78-/m1/s1. The monoisotopic (exact) mass is 1650 g/mol. The van der Waals surface area contributed by atoms with Crippen LogP contribution in [0.1, 0.15) is 80.1 Å². The van der Waals surface area contributed by atoms with Crippen LogP contribution in [0.25, 0.3) is 32.6 Å². The fraction of sp³-hybridized carbons (Fsp3) is 0.458. The van der Waals surface area contributed by atoms with E-state index < -0.39 is 60.9 Å². The number of benzene rings is 5. The Morgan fingerprint density at radius 1 is 0.776 bits per heavy atom. The third-order valence-electron chi connectivity index (χ3n) is 20.9. The molecule has 4 fully saturated rings. The number of likely N-dealkylation sites (tertiary alicyclic amines) is 2. The Kier molecular flexibility index (Phi) is 30.2. The molecule has 7 heterocycles. The summed E-state index contributed by atoms with van der Waals surface area (Å²) in [5, 5.41) is 36.1. The number of rotatable bonds is 40. The first-order valence-electron chi connectivity index (χ1n) is 39.2. The predicted octanol–water partition coefficient (Wildman–Crippen LogP) is 9.38. The van der Waals surface area contributed by atoms with Gasteiger partial charge in [0.15, 0.2) is 0 Å². The van der Waals surface area contributed by atoms with E-state index in [1.165, 1.54) is 29.3 Å². The van der Waals surface area contributed by atoms with Gasteiger partial charge in [0.05, 0.1) is 103 Å². The van der Waals surface area contributed by atoms with E-state index >= 15 is 0 Å². The number of thiazole rings is 1. The van der Waals surface area contributed by atoms with Crippen LogP contribution in [-0.2, 0) is 66.0 Å². The van der Waals surface area contributed by atoms with Crippen LogP contribution in [0, 0.1) is 34.3 Å². The van der Waals surface area contributed by atoms with Crippen LogP contribution in [0.3, 0.4) is 0 Å². The van der Waals surface area contributed by atoms with Gasteiger partial charge in [-0.2, -0.15) is 0 Å². The molecule has 33 heteroatoms. The lowest BCUT2D eigenvalue weighted by atomic mass is 9.85. The van der Waals surface area contributed by atoms with Gasteiger partial charge in [0.25, 0.3) is 21.6 Å². The molecule has 0 bridgehead atoms. The van der Waals surface area contributed by atoms with Gasteiger partial charge in [-0.05, 0) is 108 Å². The number of aromatic amines is 1. The van der Waals surface area contributed by atoms with E-state index in [2.05, 4.69) is 61.7 Å². The highest BCUT2D eigenvalue weighted by atomic mass is 35.5. The number of nitro benzene ring substituents is 1. The number of nitrogens with one attached hydrogen (secondary N) is 6. The summed E-state index contributed by atoms with van der Waals surface area (Å²) in [5.74, 6) is -0.643. The Labute approximate surface area is 683 Å². The van der Waals surface area contributed by atoms with Crippen molar-refractivity contribution in [2.75, 3.05) is 148 Å². The molecule has 3 atom stereocenters. The lowest BCUT2D eigenvalue weighted by molar-refractivity contribution is -0.384. The molecule has 4 aliphatic heterocycles. The molecule has 5 aromatic carbocycles. The van der Waals surface area contributed by atoms with E-state index in [4.69, 9.17) is 44.8 Å². The van der Waals surface area contributed by atoms with Crippen LogP contribution >= 0.6 is 22.9 Å². The maximum absolute atomic E-state index is 14.2. The van der Waals surface area contributed by atoms with E-state index in [0.29, 0.717) is 115 Å². The Morgan fingerprint density at radius 2 is 1.47 bits per heavy atom. The minimum Gasteiger partial charge on any atom is -0.493 e. The number of fused-ring (bicyclic) bond motifs is 1. The number of ether oxygens (including phenoxy) is 7. The first-order valence-corrected chi connectivity index (χ1v) is 42.0. The van der Waals surface area contributed by atoms with Crippen LogP contribution in [0.5, 0.6) is 17.2 Å². The highest BCUT2D eigenvalue weighted by Gasteiger charge is 2.45. The summed E-state index contributed by atoms with van der Waals surface area (Å²) >= 11 is 7.94. The van der Waals surface area contributed by atoms with Crippen LogP contribution in [0.2, 0.25) is 5.02 Å². The Morgan fingerprint density at radius 3 is 2.16 bits per heavy atom. The van der Waals surface area contributed by atoms with Crippen molar-refractivity contribution in [1.29, 1.82) is 0 Å². The maximum atomic E-state index is 14.2. The van der Waals surface area contributed by atoms with Gasteiger partial charge >= 0.3 is 0 Å². The molecule has 12 rings (SSSR count). The summed E-state index contributed by atoms with van der Waals surface area (Å²) < 4.78 is 71.0. The zero-order chi connectivity index (χ0) is 81.7. The van der Waals surface area contributed by atoms with Crippen LogP contribution in [-0.4, -0.2) is 234 Å². The molecule has 8 aromatic rings. The third kappa shape index (κ3) is 23.8. The van der Waals surface area contributed by atoms with Crippen molar-refractivity contribution >= 4 is 90.6 Å². The number of nitro groups is 1. The lowest BCUT2D eigenvalue weighted by Gasteiger charge is -2.39. The van der Waals surface area contributed by atoms with Crippen molar-refractivity contribution < 1.29 is 75.6 Å². The Balaban J connectivity index is 0.524. The number of sulfonamides is 1. The number of hydrogen-bond donors (Lipinski definition) is 7. The number of hydrogen-bond acceptors (Lipinski definition) is 24. The number of aliphatic hydroxyl groups is 1. The van der Waals surface area contributed by atoms with Gasteiger partial charge in [0.2, 0.25) is 23.6 Å². The van der Waals surface area contributed by atoms with Gasteiger partial charge in [-0.15, -0.1) is 11.3 Å². The van der Waals surface area contributed by atoms with Gasteiger partial charge in [-0.3, -0.25) is 39.0 Å².